The molecule has 0 unspecified atom stereocenters. The van der Waals surface area contributed by atoms with Gasteiger partial charge >= 0.3 is 5.97 Å². The summed E-state index contributed by atoms with van der Waals surface area (Å²) in [6.07, 6.45) is 18.0. The number of aliphatic carboxylic acids is 1. The van der Waals surface area contributed by atoms with E-state index in [4.69, 9.17) is 15.3 Å². The van der Waals surface area contributed by atoms with Crippen LogP contribution in [0.2, 0.25) is 0 Å². The Morgan fingerprint density at radius 2 is 1.27 bits per heavy atom. The van der Waals surface area contributed by atoms with Crippen molar-refractivity contribution >= 4 is 5.97 Å². The van der Waals surface area contributed by atoms with Crippen LogP contribution < -0.4 is 0 Å². The molecule has 0 atom stereocenters. The van der Waals surface area contributed by atoms with E-state index in [-0.39, 0.29) is 6.42 Å². The Kier molecular flexibility index (Phi) is 13.2. The molecule has 0 aromatic carbocycles. The van der Waals surface area contributed by atoms with Crippen molar-refractivity contribution in [3.05, 3.63) is 12.2 Å². The monoisotopic (exact) mass is 314 g/mol. The Morgan fingerprint density at radius 3 is 1.77 bits per heavy atom. The van der Waals surface area contributed by atoms with E-state index in [0.717, 1.165) is 19.3 Å². The van der Waals surface area contributed by atoms with Crippen LogP contribution in [0.25, 0.3) is 0 Å². The van der Waals surface area contributed by atoms with Crippen molar-refractivity contribution < 1.29 is 20.1 Å². The Labute approximate surface area is 135 Å². The Morgan fingerprint density at radius 1 is 0.818 bits per heavy atom. The number of rotatable bonds is 15. The molecule has 0 saturated heterocycles. The zero-order chi connectivity index (χ0) is 16.7. The SMILES string of the molecule is CCCCC/C=C/CCCCCCCCCC(O)(O)C(=O)O. The van der Waals surface area contributed by atoms with E-state index < -0.39 is 11.8 Å². The molecule has 0 aliphatic heterocycles. The summed E-state index contributed by atoms with van der Waals surface area (Å²) in [5, 5.41) is 26.8. The summed E-state index contributed by atoms with van der Waals surface area (Å²) in [5.41, 5.74) is 0. The van der Waals surface area contributed by atoms with Crippen LogP contribution >= 0.6 is 0 Å². The summed E-state index contributed by atoms with van der Waals surface area (Å²) in [6, 6.07) is 0. The number of carbonyl (C=O) groups is 1. The van der Waals surface area contributed by atoms with Crippen LogP contribution in [-0.4, -0.2) is 27.1 Å². The van der Waals surface area contributed by atoms with E-state index in [0.29, 0.717) is 6.42 Å². The first kappa shape index (κ1) is 21.1. The maximum absolute atomic E-state index is 10.5. The van der Waals surface area contributed by atoms with Crippen LogP contribution in [-0.2, 0) is 4.79 Å². The number of hydrogen-bond donors (Lipinski definition) is 3. The predicted molar refractivity (Wildman–Crippen MR) is 89.6 cm³/mol. The van der Waals surface area contributed by atoms with Crippen LogP contribution in [0.3, 0.4) is 0 Å². The number of carboxylic acids is 1. The average Bonchev–Trinajstić information content (AvgIpc) is 2.47. The maximum atomic E-state index is 10.5. The van der Waals surface area contributed by atoms with Gasteiger partial charge in [-0.15, -0.1) is 0 Å². The van der Waals surface area contributed by atoms with Gasteiger partial charge in [-0.1, -0.05) is 64.0 Å². The predicted octanol–water partition coefficient (Wildman–Crippen LogP) is 4.40. The molecule has 0 radical (unpaired) electrons. The van der Waals surface area contributed by atoms with Crippen LogP contribution in [0, 0.1) is 0 Å². The van der Waals surface area contributed by atoms with E-state index in [2.05, 4.69) is 19.1 Å². The first-order valence-electron chi connectivity index (χ1n) is 8.84. The fourth-order valence-electron chi connectivity index (χ4n) is 2.37. The minimum absolute atomic E-state index is 0.0921. The Hall–Kier alpha value is -0.870. The van der Waals surface area contributed by atoms with E-state index in [1.54, 1.807) is 0 Å². The molecular formula is C18H34O4. The second-order valence-corrected chi connectivity index (χ2v) is 6.10. The molecule has 0 spiro atoms. The van der Waals surface area contributed by atoms with E-state index in [1.165, 1.54) is 51.4 Å². The third kappa shape index (κ3) is 12.8. The average molecular weight is 314 g/mol. The molecule has 0 amide bonds. The molecule has 0 aliphatic carbocycles. The number of carboxylic acid groups (broad SMARTS) is 1. The highest BCUT2D eigenvalue weighted by molar-refractivity contribution is 5.74. The molecule has 130 valence electrons. The van der Waals surface area contributed by atoms with Gasteiger partial charge in [-0.05, 0) is 32.1 Å². The fraction of sp³-hybridized carbons (Fsp3) is 0.833. The number of aliphatic hydroxyl groups is 2. The lowest BCUT2D eigenvalue weighted by atomic mass is 10.0. The minimum Gasteiger partial charge on any atom is -0.477 e. The maximum Gasteiger partial charge on any atom is 0.364 e. The third-order valence-corrected chi connectivity index (χ3v) is 3.88. The molecular weight excluding hydrogens is 280 g/mol. The molecule has 4 heteroatoms. The molecule has 0 bridgehead atoms. The smallest absolute Gasteiger partial charge is 0.364 e. The van der Waals surface area contributed by atoms with Crippen molar-refractivity contribution in [2.45, 2.75) is 96.2 Å². The quantitative estimate of drug-likeness (QED) is 0.238. The third-order valence-electron chi connectivity index (χ3n) is 3.88. The Balaban J connectivity index is 3.26. The van der Waals surface area contributed by atoms with Gasteiger partial charge in [0.1, 0.15) is 0 Å². The first-order valence-corrected chi connectivity index (χ1v) is 8.84. The van der Waals surface area contributed by atoms with Crippen LogP contribution in [0.4, 0.5) is 0 Å². The lowest BCUT2D eigenvalue weighted by Gasteiger charge is -2.15. The van der Waals surface area contributed by atoms with Crippen molar-refractivity contribution in [2.75, 3.05) is 0 Å². The normalized spacial score (nSPS) is 12.1. The van der Waals surface area contributed by atoms with Crippen LogP contribution in [0.1, 0.15) is 90.4 Å². The first-order chi connectivity index (χ1) is 10.5. The standard InChI is InChI=1S/C18H34O4/c1-2-3-4-5-6-7-8-9-10-11-12-13-14-15-16-18(21,22)17(19)20/h6-7,21-22H,2-5,8-16H2,1H3,(H,19,20)/b7-6+. The van der Waals surface area contributed by atoms with Crippen molar-refractivity contribution in [2.24, 2.45) is 0 Å². The zero-order valence-corrected chi connectivity index (χ0v) is 14.1. The van der Waals surface area contributed by atoms with Gasteiger partial charge in [-0.2, -0.15) is 0 Å². The topological polar surface area (TPSA) is 77.8 Å². The van der Waals surface area contributed by atoms with Gasteiger partial charge < -0.3 is 15.3 Å². The molecule has 0 aromatic heterocycles. The van der Waals surface area contributed by atoms with Gasteiger partial charge in [0.25, 0.3) is 5.79 Å². The second-order valence-electron chi connectivity index (χ2n) is 6.10. The molecule has 0 heterocycles. The minimum atomic E-state index is -2.55. The summed E-state index contributed by atoms with van der Waals surface area (Å²) >= 11 is 0. The van der Waals surface area contributed by atoms with Gasteiger partial charge in [-0.3, -0.25) is 0 Å². The van der Waals surface area contributed by atoms with Crippen molar-refractivity contribution in [1.82, 2.24) is 0 Å². The summed E-state index contributed by atoms with van der Waals surface area (Å²) in [7, 11) is 0. The summed E-state index contributed by atoms with van der Waals surface area (Å²) in [5.74, 6) is -4.11. The largest absolute Gasteiger partial charge is 0.477 e. The molecule has 0 aromatic rings. The molecule has 0 saturated carbocycles. The van der Waals surface area contributed by atoms with E-state index >= 15 is 0 Å². The lowest BCUT2D eigenvalue weighted by Crippen LogP contribution is -2.37. The fourth-order valence-corrected chi connectivity index (χ4v) is 2.37. The molecule has 0 aliphatic rings. The second kappa shape index (κ2) is 13.8. The van der Waals surface area contributed by atoms with E-state index in [9.17, 15) is 4.79 Å². The van der Waals surface area contributed by atoms with Gasteiger partial charge in [-0.25, -0.2) is 4.79 Å². The van der Waals surface area contributed by atoms with Crippen LogP contribution in [0.15, 0.2) is 12.2 Å². The molecule has 3 N–H and O–H groups in total. The number of allylic oxidation sites excluding steroid dienone is 2. The number of unbranched alkanes of at least 4 members (excludes halogenated alkanes) is 10. The van der Waals surface area contributed by atoms with Crippen molar-refractivity contribution in [3.63, 3.8) is 0 Å². The molecule has 4 nitrogen and oxygen atoms in total. The summed E-state index contributed by atoms with van der Waals surface area (Å²) < 4.78 is 0. The Bertz CT molecular complexity index is 297. The summed E-state index contributed by atoms with van der Waals surface area (Å²) in [6.45, 7) is 2.22. The molecule has 22 heavy (non-hydrogen) atoms. The van der Waals surface area contributed by atoms with Gasteiger partial charge in [0, 0.05) is 6.42 Å². The summed E-state index contributed by atoms with van der Waals surface area (Å²) in [4.78, 5) is 10.5. The van der Waals surface area contributed by atoms with Crippen molar-refractivity contribution in [3.8, 4) is 0 Å². The van der Waals surface area contributed by atoms with Gasteiger partial charge in [0.15, 0.2) is 0 Å². The van der Waals surface area contributed by atoms with Crippen LogP contribution in [0.5, 0.6) is 0 Å². The van der Waals surface area contributed by atoms with Crippen molar-refractivity contribution in [1.29, 1.82) is 0 Å². The van der Waals surface area contributed by atoms with Gasteiger partial charge in [0.2, 0.25) is 0 Å². The zero-order valence-electron chi connectivity index (χ0n) is 14.1. The highest BCUT2D eigenvalue weighted by Crippen LogP contribution is 2.15. The highest BCUT2D eigenvalue weighted by atomic mass is 16.5. The van der Waals surface area contributed by atoms with E-state index in [1.807, 2.05) is 0 Å². The highest BCUT2D eigenvalue weighted by Gasteiger charge is 2.31. The molecule has 0 fully saturated rings. The molecule has 0 rings (SSSR count). The lowest BCUT2D eigenvalue weighted by molar-refractivity contribution is -0.205. The number of hydrogen-bond acceptors (Lipinski definition) is 3. The van der Waals surface area contributed by atoms with Gasteiger partial charge in [0.05, 0.1) is 0 Å².